The Bertz CT molecular complexity index is 1010. The number of nitrogens with one attached hydrogen (secondary N) is 2. The van der Waals surface area contributed by atoms with Crippen molar-refractivity contribution in [3.8, 4) is 11.5 Å². The van der Waals surface area contributed by atoms with E-state index in [-0.39, 0.29) is 6.61 Å². The van der Waals surface area contributed by atoms with Crippen molar-refractivity contribution >= 4 is 23.3 Å². The van der Waals surface area contributed by atoms with Crippen LogP contribution in [0.1, 0.15) is 23.4 Å². The molecule has 0 saturated carbocycles. The Hall–Kier alpha value is -3.08. The number of methoxy groups -OCH3 is 3. The van der Waals surface area contributed by atoms with Crippen molar-refractivity contribution in [2.24, 2.45) is 0 Å². The molecule has 3 rings (SSSR count). The van der Waals surface area contributed by atoms with Crippen LogP contribution in [-0.4, -0.2) is 64.5 Å². The fourth-order valence-electron chi connectivity index (χ4n) is 3.85. The van der Waals surface area contributed by atoms with Crippen molar-refractivity contribution in [3.63, 3.8) is 0 Å². The van der Waals surface area contributed by atoms with Crippen LogP contribution >= 0.6 is 11.3 Å². The molecular formula is C24H31N3O6S. The Morgan fingerprint density at radius 3 is 2.59 bits per heavy atom. The number of carbonyl (C=O) groups is 2. The summed E-state index contributed by atoms with van der Waals surface area (Å²) in [5, 5.41) is 7.71. The van der Waals surface area contributed by atoms with E-state index in [1.807, 2.05) is 11.4 Å². The molecule has 1 atom stereocenters. The Kier molecular flexibility index (Phi) is 9.32. The van der Waals surface area contributed by atoms with Crippen LogP contribution in [0.2, 0.25) is 0 Å². The molecule has 0 spiro atoms. The van der Waals surface area contributed by atoms with Gasteiger partial charge in [0.05, 0.1) is 39.0 Å². The molecule has 1 aromatic heterocycles. The van der Waals surface area contributed by atoms with Gasteiger partial charge in [0, 0.05) is 42.9 Å². The topological polar surface area (TPSA) is 98.4 Å². The Balaban J connectivity index is 2.06. The van der Waals surface area contributed by atoms with Crippen LogP contribution in [-0.2, 0) is 20.8 Å². The molecule has 1 aromatic carbocycles. The van der Waals surface area contributed by atoms with Crippen molar-refractivity contribution in [1.29, 1.82) is 0 Å². The molecule has 0 radical (unpaired) electrons. The number of hydrogen-bond acceptors (Lipinski definition) is 8. The van der Waals surface area contributed by atoms with Crippen molar-refractivity contribution < 1.29 is 28.5 Å². The number of amides is 2. The van der Waals surface area contributed by atoms with Crippen molar-refractivity contribution in [2.75, 3.05) is 47.6 Å². The van der Waals surface area contributed by atoms with Crippen LogP contribution < -0.4 is 20.1 Å². The summed E-state index contributed by atoms with van der Waals surface area (Å²) in [5.41, 5.74) is 1.39. The summed E-state index contributed by atoms with van der Waals surface area (Å²) in [6.07, 6.45) is 0. The van der Waals surface area contributed by atoms with E-state index in [1.165, 1.54) is 19.1 Å². The first-order valence-corrected chi connectivity index (χ1v) is 11.8. The second-order valence-electron chi connectivity index (χ2n) is 7.51. The summed E-state index contributed by atoms with van der Waals surface area (Å²) < 4.78 is 21.7. The summed E-state index contributed by atoms with van der Waals surface area (Å²) in [5.74, 6) is 0.424. The first kappa shape index (κ1) is 25.5. The highest BCUT2D eigenvalue weighted by Gasteiger charge is 2.36. The zero-order valence-corrected chi connectivity index (χ0v) is 20.7. The van der Waals surface area contributed by atoms with E-state index >= 15 is 0 Å². The molecule has 2 aromatic rings. The normalized spacial score (nSPS) is 15.7. The van der Waals surface area contributed by atoms with Gasteiger partial charge in [-0.15, -0.1) is 11.3 Å². The van der Waals surface area contributed by atoms with Crippen LogP contribution in [0, 0.1) is 0 Å². The van der Waals surface area contributed by atoms with Crippen LogP contribution in [0.15, 0.2) is 47.0 Å². The third kappa shape index (κ3) is 6.07. The third-order valence-electron chi connectivity index (χ3n) is 5.35. The molecule has 0 aliphatic carbocycles. The maximum Gasteiger partial charge on any atom is 0.338 e. The molecule has 2 amide bonds. The monoisotopic (exact) mass is 489 g/mol. The minimum atomic E-state index is -0.779. The SMILES string of the molecule is CCOC(=O)C1=C(CN(CCOC)Cc2cccs2)NC(=O)N[C@@H]1c1cccc(OC)c1OC. The second-order valence-corrected chi connectivity index (χ2v) is 8.54. The van der Waals surface area contributed by atoms with E-state index in [9.17, 15) is 9.59 Å². The summed E-state index contributed by atoms with van der Waals surface area (Å²) in [6.45, 7) is 4.05. The number of benzene rings is 1. The molecule has 1 aliphatic heterocycles. The van der Waals surface area contributed by atoms with Crippen molar-refractivity contribution in [2.45, 2.75) is 19.5 Å². The van der Waals surface area contributed by atoms with E-state index in [0.717, 1.165) is 0 Å². The standard InChI is InChI=1S/C24H31N3O6S/c1-5-33-23(28)20-18(15-27(11-12-30-2)14-16-8-7-13-34-16)25-24(29)26-21(20)17-9-6-10-19(31-3)22(17)32-4/h6-10,13,21H,5,11-12,14-15H2,1-4H3,(H2,25,26,29)/t21-/m1/s1. The van der Waals surface area contributed by atoms with Gasteiger partial charge in [-0.25, -0.2) is 9.59 Å². The smallest absolute Gasteiger partial charge is 0.338 e. The summed E-state index contributed by atoms with van der Waals surface area (Å²) in [4.78, 5) is 29.2. The highest BCUT2D eigenvalue weighted by atomic mass is 32.1. The minimum Gasteiger partial charge on any atom is -0.493 e. The number of nitrogens with zero attached hydrogens (tertiary/aromatic N) is 1. The van der Waals surface area contributed by atoms with Gasteiger partial charge in [0.1, 0.15) is 0 Å². The van der Waals surface area contributed by atoms with Gasteiger partial charge in [0.2, 0.25) is 0 Å². The molecule has 10 heteroatoms. The van der Waals surface area contributed by atoms with Crippen molar-refractivity contribution in [1.82, 2.24) is 15.5 Å². The number of thiophene rings is 1. The van der Waals surface area contributed by atoms with Crippen LogP contribution in [0.25, 0.3) is 0 Å². The predicted molar refractivity (Wildman–Crippen MR) is 129 cm³/mol. The minimum absolute atomic E-state index is 0.202. The Morgan fingerprint density at radius 1 is 1.12 bits per heavy atom. The van der Waals surface area contributed by atoms with Gasteiger partial charge in [-0.3, -0.25) is 4.90 Å². The van der Waals surface area contributed by atoms with Gasteiger partial charge in [0.15, 0.2) is 11.5 Å². The molecule has 0 saturated heterocycles. The first-order chi connectivity index (χ1) is 16.5. The largest absolute Gasteiger partial charge is 0.493 e. The number of urea groups is 1. The first-order valence-electron chi connectivity index (χ1n) is 10.9. The lowest BCUT2D eigenvalue weighted by atomic mass is 9.93. The third-order valence-corrected chi connectivity index (χ3v) is 6.21. The number of hydrogen-bond donors (Lipinski definition) is 2. The maximum atomic E-state index is 13.2. The van der Waals surface area contributed by atoms with Crippen molar-refractivity contribution in [3.05, 3.63) is 57.4 Å². The number of esters is 1. The molecule has 1 aliphatic rings. The predicted octanol–water partition coefficient (Wildman–Crippen LogP) is 3.09. The zero-order valence-electron chi connectivity index (χ0n) is 19.9. The average molecular weight is 490 g/mol. The lowest BCUT2D eigenvalue weighted by molar-refractivity contribution is -0.139. The van der Waals surface area contributed by atoms with Gasteiger partial charge in [-0.2, -0.15) is 0 Å². The van der Waals surface area contributed by atoms with E-state index in [2.05, 4.69) is 21.6 Å². The van der Waals surface area contributed by atoms with E-state index in [0.29, 0.717) is 54.6 Å². The lowest BCUT2D eigenvalue weighted by Gasteiger charge is -2.32. The van der Waals surface area contributed by atoms with Gasteiger partial charge < -0.3 is 29.6 Å². The van der Waals surface area contributed by atoms with Crippen LogP contribution in [0.3, 0.4) is 0 Å². The molecule has 2 heterocycles. The Morgan fingerprint density at radius 2 is 1.94 bits per heavy atom. The van der Waals surface area contributed by atoms with E-state index in [1.54, 1.807) is 43.6 Å². The molecule has 0 fully saturated rings. The fourth-order valence-corrected chi connectivity index (χ4v) is 4.59. The van der Waals surface area contributed by atoms with E-state index < -0.39 is 18.0 Å². The van der Waals surface area contributed by atoms with Gasteiger partial charge in [0.25, 0.3) is 0 Å². The number of para-hydroxylation sites is 1. The molecule has 184 valence electrons. The Labute approximate surface area is 203 Å². The quantitative estimate of drug-likeness (QED) is 0.442. The highest BCUT2D eigenvalue weighted by molar-refractivity contribution is 7.09. The zero-order chi connectivity index (χ0) is 24.5. The molecule has 0 unspecified atom stereocenters. The number of carbonyl (C=O) groups excluding carboxylic acids is 2. The average Bonchev–Trinajstić information content (AvgIpc) is 3.34. The van der Waals surface area contributed by atoms with Crippen LogP contribution in [0.4, 0.5) is 4.79 Å². The summed E-state index contributed by atoms with van der Waals surface area (Å²) in [7, 11) is 4.70. The van der Waals surface area contributed by atoms with Crippen LogP contribution in [0.5, 0.6) is 11.5 Å². The summed E-state index contributed by atoms with van der Waals surface area (Å²) in [6, 6.07) is 8.19. The number of ether oxygens (including phenoxy) is 4. The lowest BCUT2D eigenvalue weighted by Crippen LogP contribution is -2.48. The fraction of sp³-hybridized carbons (Fsp3) is 0.417. The van der Waals surface area contributed by atoms with E-state index in [4.69, 9.17) is 18.9 Å². The molecule has 9 nitrogen and oxygen atoms in total. The molecular weight excluding hydrogens is 458 g/mol. The van der Waals surface area contributed by atoms with Gasteiger partial charge >= 0.3 is 12.0 Å². The number of rotatable bonds is 12. The van der Waals surface area contributed by atoms with Gasteiger partial charge in [-0.05, 0) is 24.4 Å². The summed E-state index contributed by atoms with van der Waals surface area (Å²) >= 11 is 1.65. The van der Waals surface area contributed by atoms with Gasteiger partial charge in [-0.1, -0.05) is 18.2 Å². The molecule has 34 heavy (non-hydrogen) atoms. The highest BCUT2D eigenvalue weighted by Crippen LogP contribution is 2.39. The second kappa shape index (κ2) is 12.4. The molecule has 2 N–H and O–H groups in total. The maximum absolute atomic E-state index is 13.2. The molecule has 0 bridgehead atoms.